The van der Waals surface area contributed by atoms with Gasteiger partial charge in [0.1, 0.15) is 11.7 Å². The number of nitrogen functional groups attached to an aromatic ring is 1. The summed E-state index contributed by atoms with van der Waals surface area (Å²) in [6.07, 6.45) is 2.05. The molecule has 0 spiro atoms. The third kappa shape index (κ3) is 3.23. The number of nitrogens with zero attached hydrogens (tertiary/aromatic N) is 1. The second-order valence-corrected chi connectivity index (χ2v) is 4.98. The molecule has 1 aliphatic heterocycles. The summed E-state index contributed by atoms with van der Waals surface area (Å²) in [4.78, 5) is 1.98. The van der Waals surface area contributed by atoms with Gasteiger partial charge in [0.15, 0.2) is 0 Å². The number of benzene rings is 1. The van der Waals surface area contributed by atoms with Crippen LogP contribution in [0.15, 0.2) is 18.2 Å². The van der Waals surface area contributed by atoms with E-state index in [0.29, 0.717) is 11.6 Å². The largest absolute Gasteiger partial charge is 0.384 e. The predicted octanol–water partition coefficient (Wildman–Crippen LogP) is 1.97. The molecule has 0 aromatic heterocycles. The molecule has 0 saturated carbocycles. The van der Waals surface area contributed by atoms with Crippen LogP contribution >= 0.6 is 0 Å². The maximum absolute atomic E-state index is 13.8. The van der Waals surface area contributed by atoms with Gasteiger partial charge < -0.3 is 15.4 Å². The molecule has 5 heteroatoms. The van der Waals surface area contributed by atoms with Crippen LogP contribution in [-0.2, 0) is 4.74 Å². The summed E-state index contributed by atoms with van der Waals surface area (Å²) in [6.45, 7) is 2.41. The lowest BCUT2D eigenvalue weighted by atomic mass is 9.99. The van der Waals surface area contributed by atoms with Crippen LogP contribution in [0.1, 0.15) is 18.4 Å². The fourth-order valence-electron chi connectivity index (χ4n) is 2.51. The van der Waals surface area contributed by atoms with Crippen molar-refractivity contribution in [2.24, 2.45) is 11.7 Å². The Morgan fingerprint density at radius 2 is 2.16 bits per heavy atom. The lowest BCUT2D eigenvalue weighted by Gasteiger charge is -2.29. The Morgan fingerprint density at radius 1 is 1.47 bits per heavy atom. The summed E-state index contributed by atoms with van der Waals surface area (Å²) in [5, 5.41) is 7.52. The molecule has 3 N–H and O–H groups in total. The molecule has 0 bridgehead atoms. The maximum Gasteiger partial charge on any atom is 0.136 e. The molecule has 2 rings (SSSR count). The number of anilines is 1. The van der Waals surface area contributed by atoms with E-state index in [1.807, 2.05) is 11.9 Å². The van der Waals surface area contributed by atoms with Gasteiger partial charge >= 0.3 is 0 Å². The highest BCUT2D eigenvalue weighted by atomic mass is 19.1. The van der Waals surface area contributed by atoms with Crippen molar-refractivity contribution in [1.29, 1.82) is 5.41 Å². The van der Waals surface area contributed by atoms with Crippen molar-refractivity contribution >= 4 is 11.5 Å². The third-order valence-corrected chi connectivity index (χ3v) is 3.55. The Hall–Kier alpha value is -1.62. The fourth-order valence-corrected chi connectivity index (χ4v) is 2.51. The second kappa shape index (κ2) is 6.02. The molecule has 104 valence electrons. The van der Waals surface area contributed by atoms with Gasteiger partial charge in [-0.05, 0) is 30.9 Å². The Balaban J connectivity index is 2.16. The standard InChI is InChI=1S/C14H20FN3O/c1-18(9-10-5-7-19-8-6-10)12-4-2-3-11(15)13(12)14(16)17/h2-4,10H,5-9H2,1H3,(H3,16,17). The van der Waals surface area contributed by atoms with E-state index in [0.717, 1.165) is 32.6 Å². The van der Waals surface area contributed by atoms with Gasteiger partial charge in [0.2, 0.25) is 0 Å². The Bertz CT molecular complexity index is 458. The van der Waals surface area contributed by atoms with E-state index in [-0.39, 0.29) is 11.4 Å². The number of hydrogen-bond acceptors (Lipinski definition) is 3. The SMILES string of the molecule is CN(CC1CCOCC1)c1cccc(F)c1C(=N)N. The van der Waals surface area contributed by atoms with Crippen molar-refractivity contribution < 1.29 is 9.13 Å². The van der Waals surface area contributed by atoms with Crippen LogP contribution in [-0.4, -0.2) is 32.6 Å². The van der Waals surface area contributed by atoms with Crippen LogP contribution < -0.4 is 10.6 Å². The Kier molecular flexibility index (Phi) is 4.37. The van der Waals surface area contributed by atoms with Gasteiger partial charge in [-0.25, -0.2) is 4.39 Å². The number of amidine groups is 1. The molecule has 1 saturated heterocycles. The van der Waals surface area contributed by atoms with E-state index in [9.17, 15) is 4.39 Å². The summed E-state index contributed by atoms with van der Waals surface area (Å²) in [5.41, 5.74) is 6.35. The van der Waals surface area contributed by atoms with Gasteiger partial charge in [0.25, 0.3) is 0 Å². The summed E-state index contributed by atoms with van der Waals surface area (Å²) in [6, 6.07) is 4.79. The molecule has 0 aliphatic carbocycles. The highest BCUT2D eigenvalue weighted by Crippen LogP contribution is 2.24. The summed E-state index contributed by atoms with van der Waals surface area (Å²) < 4.78 is 19.1. The molecular weight excluding hydrogens is 245 g/mol. The zero-order valence-electron chi connectivity index (χ0n) is 11.2. The van der Waals surface area contributed by atoms with Crippen molar-refractivity contribution in [3.05, 3.63) is 29.6 Å². The number of halogens is 1. The number of ether oxygens (including phenoxy) is 1. The van der Waals surface area contributed by atoms with E-state index >= 15 is 0 Å². The molecule has 0 amide bonds. The molecule has 1 heterocycles. The molecule has 0 unspecified atom stereocenters. The van der Waals surface area contributed by atoms with Crippen LogP contribution in [0.3, 0.4) is 0 Å². The van der Waals surface area contributed by atoms with E-state index < -0.39 is 5.82 Å². The zero-order valence-corrected chi connectivity index (χ0v) is 11.2. The molecule has 1 aliphatic rings. The average Bonchev–Trinajstić information content (AvgIpc) is 2.39. The second-order valence-electron chi connectivity index (χ2n) is 4.98. The van der Waals surface area contributed by atoms with Crippen molar-refractivity contribution in [2.45, 2.75) is 12.8 Å². The topological polar surface area (TPSA) is 62.3 Å². The Labute approximate surface area is 112 Å². The van der Waals surface area contributed by atoms with Gasteiger partial charge in [-0.2, -0.15) is 0 Å². The quantitative estimate of drug-likeness (QED) is 0.646. The highest BCUT2D eigenvalue weighted by Gasteiger charge is 2.19. The molecule has 1 aromatic rings. The van der Waals surface area contributed by atoms with Crippen molar-refractivity contribution in [2.75, 3.05) is 31.7 Å². The third-order valence-electron chi connectivity index (χ3n) is 3.55. The van der Waals surface area contributed by atoms with Crippen LogP contribution in [0.5, 0.6) is 0 Å². The molecule has 0 radical (unpaired) electrons. The zero-order chi connectivity index (χ0) is 13.8. The summed E-state index contributed by atoms with van der Waals surface area (Å²) in [7, 11) is 1.91. The minimum atomic E-state index is -0.441. The first-order valence-electron chi connectivity index (χ1n) is 6.51. The maximum atomic E-state index is 13.8. The molecule has 0 atom stereocenters. The van der Waals surface area contributed by atoms with Gasteiger partial charge in [-0.15, -0.1) is 0 Å². The fraction of sp³-hybridized carbons (Fsp3) is 0.500. The summed E-state index contributed by atoms with van der Waals surface area (Å²) >= 11 is 0. The number of rotatable bonds is 4. The van der Waals surface area contributed by atoms with E-state index in [1.54, 1.807) is 12.1 Å². The van der Waals surface area contributed by atoms with Crippen LogP contribution in [0.25, 0.3) is 0 Å². The normalized spacial score (nSPS) is 16.3. The van der Waals surface area contributed by atoms with Gasteiger partial charge in [0, 0.05) is 26.8 Å². The summed E-state index contributed by atoms with van der Waals surface area (Å²) in [5.74, 6) is -0.127. The molecular formula is C14H20FN3O. The lowest BCUT2D eigenvalue weighted by molar-refractivity contribution is 0.0685. The number of nitrogens with two attached hydrogens (primary N) is 1. The molecule has 19 heavy (non-hydrogen) atoms. The lowest BCUT2D eigenvalue weighted by Crippen LogP contribution is -2.31. The van der Waals surface area contributed by atoms with Gasteiger partial charge in [-0.3, -0.25) is 5.41 Å². The smallest absolute Gasteiger partial charge is 0.136 e. The molecule has 4 nitrogen and oxygen atoms in total. The number of nitrogens with one attached hydrogen (secondary N) is 1. The van der Waals surface area contributed by atoms with Crippen molar-refractivity contribution in [1.82, 2.24) is 0 Å². The molecule has 1 aromatic carbocycles. The van der Waals surface area contributed by atoms with Crippen molar-refractivity contribution in [3.8, 4) is 0 Å². The molecule has 1 fully saturated rings. The first kappa shape index (κ1) is 13.8. The Morgan fingerprint density at radius 3 is 2.79 bits per heavy atom. The van der Waals surface area contributed by atoms with Crippen LogP contribution in [0.4, 0.5) is 10.1 Å². The first-order valence-corrected chi connectivity index (χ1v) is 6.51. The van der Waals surface area contributed by atoms with Crippen LogP contribution in [0, 0.1) is 17.1 Å². The highest BCUT2D eigenvalue weighted by molar-refractivity contribution is 6.00. The van der Waals surface area contributed by atoms with E-state index in [4.69, 9.17) is 15.9 Å². The van der Waals surface area contributed by atoms with E-state index in [2.05, 4.69) is 0 Å². The predicted molar refractivity (Wildman–Crippen MR) is 74.2 cm³/mol. The minimum absolute atomic E-state index is 0.192. The van der Waals surface area contributed by atoms with E-state index in [1.165, 1.54) is 6.07 Å². The average molecular weight is 265 g/mol. The number of hydrogen-bond donors (Lipinski definition) is 2. The van der Waals surface area contributed by atoms with Gasteiger partial charge in [-0.1, -0.05) is 6.07 Å². The van der Waals surface area contributed by atoms with Crippen molar-refractivity contribution in [3.63, 3.8) is 0 Å². The monoisotopic (exact) mass is 265 g/mol. The minimum Gasteiger partial charge on any atom is -0.384 e. The van der Waals surface area contributed by atoms with Crippen LogP contribution in [0.2, 0.25) is 0 Å². The first-order chi connectivity index (χ1) is 9.09. The van der Waals surface area contributed by atoms with Gasteiger partial charge in [0.05, 0.1) is 11.3 Å².